The zero-order chi connectivity index (χ0) is 16.1. The fourth-order valence-corrected chi connectivity index (χ4v) is 2.94. The molecule has 2 aromatic heterocycles. The quantitative estimate of drug-likeness (QED) is 0.828. The molecule has 22 heavy (non-hydrogen) atoms. The van der Waals surface area contributed by atoms with E-state index in [0.29, 0.717) is 21.6 Å². The molecule has 2 rings (SSSR count). The van der Waals surface area contributed by atoms with Crippen LogP contribution in [0.1, 0.15) is 52.9 Å². The highest BCUT2D eigenvalue weighted by molar-refractivity contribution is 7.18. The predicted octanol–water partition coefficient (Wildman–Crippen LogP) is 3.34. The fourth-order valence-electron chi connectivity index (χ4n) is 2.12. The van der Waals surface area contributed by atoms with Gasteiger partial charge in [0.2, 0.25) is 0 Å². The summed E-state index contributed by atoms with van der Waals surface area (Å²) in [4.78, 5) is 24.0. The number of aromatic nitrogens is 2. The van der Waals surface area contributed by atoms with Crippen LogP contribution in [0.4, 0.5) is 5.00 Å². The Bertz CT molecular complexity index is 659. The van der Waals surface area contributed by atoms with Crippen molar-refractivity contribution in [2.45, 2.75) is 32.7 Å². The van der Waals surface area contributed by atoms with E-state index >= 15 is 0 Å². The third-order valence-corrected chi connectivity index (χ3v) is 4.37. The Morgan fingerprint density at radius 3 is 2.68 bits per heavy atom. The second-order valence-corrected chi connectivity index (χ2v) is 5.84. The summed E-state index contributed by atoms with van der Waals surface area (Å²) >= 11 is 1.17. The molecule has 0 spiro atoms. The van der Waals surface area contributed by atoms with Crippen molar-refractivity contribution >= 4 is 28.2 Å². The van der Waals surface area contributed by atoms with Crippen LogP contribution in [0.2, 0.25) is 0 Å². The number of carbonyl (C=O) groups excluding carboxylic acids is 2. The Labute approximate surface area is 133 Å². The summed E-state index contributed by atoms with van der Waals surface area (Å²) in [6, 6.07) is 5.29. The number of methoxy groups -OCH3 is 1. The second kappa shape index (κ2) is 7.22. The summed E-state index contributed by atoms with van der Waals surface area (Å²) in [6.45, 7) is 4.19. The summed E-state index contributed by atoms with van der Waals surface area (Å²) in [5.74, 6) is -0.702. The second-order valence-electron chi connectivity index (χ2n) is 4.76. The summed E-state index contributed by atoms with van der Waals surface area (Å²) in [5.41, 5.74) is 0.361. The fraction of sp³-hybridized carbons (Fsp3) is 0.400. The lowest BCUT2D eigenvalue weighted by Gasteiger charge is -2.12. The minimum atomic E-state index is -0.413. The minimum Gasteiger partial charge on any atom is -0.465 e. The molecular weight excluding hydrogens is 302 g/mol. The van der Waals surface area contributed by atoms with Gasteiger partial charge in [-0.05, 0) is 31.0 Å². The lowest BCUT2D eigenvalue weighted by Crippen LogP contribution is -2.14. The minimum absolute atomic E-state index is 0.289. The molecule has 0 bridgehead atoms. The zero-order valence-corrected chi connectivity index (χ0v) is 13.6. The van der Waals surface area contributed by atoms with Gasteiger partial charge in [0.25, 0.3) is 5.91 Å². The van der Waals surface area contributed by atoms with Crippen molar-refractivity contribution < 1.29 is 14.3 Å². The van der Waals surface area contributed by atoms with E-state index in [2.05, 4.69) is 29.0 Å². The molecule has 2 heterocycles. The maximum atomic E-state index is 12.2. The molecule has 2 aromatic rings. The number of carbonyl (C=O) groups is 2. The van der Waals surface area contributed by atoms with Crippen LogP contribution in [0.15, 0.2) is 24.4 Å². The molecule has 0 fully saturated rings. The average molecular weight is 321 g/mol. The van der Waals surface area contributed by atoms with E-state index in [1.165, 1.54) is 18.4 Å². The third kappa shape index (κ3) is 3.54. The van der Waals surface area contributed by atoms with E-state index in [-0.39, 0.29) is 5.91 Å². The Balaban J connectivity index is 2.06. The van der Waals surface area contributed by atoms with Crippen LogP contribution in [0.5, 0.6) is 0 Å². The first-order chi connectivity index (χ1) is 10.6. The zero-order valence-electron chi connectivity index (χ0n) is 12.8. The Kier molecular flexibility index (Phi) is 5.32. The number of thiophene rings is 1. The lowest BCUT2D eigenvalue weighted by molar-refractivity contribution is 0.0606. The van der Waals surface area contributed by atoms with Crippen LogP contribution >= 0.6 is 11.3 Å². The monoisotopic (exact) mass is 321 g/mol. The van der Waals surface area contributed by atoms with Gasteiger partial charge in [0.15, 0.2) is 5.69 Å². The van der Waals surface area contributed by atoms with Crippen LogP contribution in [-0.2, 0) is 4.74 Å². The third-order valence-electron chi connectivity index (χ3n) is 3.39. The number of rotatable bonds is 6. The van der Waals surface area contributed by atoms with Crippen molar-refractivity contribution in [2.24, 2.45) is 0 Å². The molecule has 6 nitrogen and oxygen atoms in total. The van der Waals surface area contributed by atoms with Gasteiger partial charge in [-0.1, -0.05) is 13.8 Å². The van der Waals surface area contributed by atoms with Gasteiger partial charge in [-0.15, -0.1) is 11.3 Å². The van der Waals surface area contributed by atoms with Gasteiger partial charge in [-0.25, -0.2) is 4.79 Å². The van der Waals surface area contributed by atoms with Gasteiger partial charge in [0.05, 0.1) is 18.2 Å². The van der Waals surface area contributed by atoms with E-state index < -0.39 is 5.97 Å². The molecule has 0 aliphatic heterocycles. The smallest absolute Gasteiger partial charge is 0.348 e. The summed E-state index contributed by atoms with van der Waals surface area (Å²) < 4.78 is 6.46. The van der Waals surface area contributed by atoms with Crippen molar-refractivity contribution in [3.63, 3.8) is 0 Å². The summed E-state index contributed by atoms with van der Waals surface area (Å²) in [6.07, 6.45) is 3.75. The molecule has 1 amide bonds. The summed E-state index contributed by atoms with van der Waals surface area (Å²) in [7, 11) is 1.32. The van der Waals surface area contributed by atoms with Gasteiger partial charge in [0.1, 0.15) is 4.88 Å². The number of hydrogen-bond donors (Lipinski definition) is 1. The SMILES string of the molecule is CCC(CC)n1ccc(C(=O)Nc2ccc(C(=O)OC)s2)n1. The van der Waals surface area contributed by atoms with E-state index in [1.807, 2.05) is 10.9 Å². The standard InChI is InChI=1S/C15H19N3O3S/c1-4-10(5-2)18-9-8-11(17-18)14(19)16-13-7-6-12(22-13)15(20)21-3/h6-10H,4-5H2,1-3H3,(H,16,19). The van der Waals surface area contributed by atoms with Crippen molar-refractivity contribution in [3.8, 4) is 0 Å². The Morgan fingerprint density at radius 1 is 1.32 bits per heavy atom. The predicted molar refractivity (Wildman–Crippen MR) is 85.5 cm³/mol. The number of ether oxygens (including phenoxy) is 1. The maximum Gasteiger partial charge on any atom is 0.348 e. The molecule has 0 atom stereocenters. The molecule has 0 radical (unpaired) electrons. The number of amides is 1. The Hall–Kier alpha value is -2.15. The van der Waals surface area contributed by atoms with Gasteiger partial charge >= 0.3 is 5.97 Å². The van der Waals surface area contributed by atoms with Crippen LogP contribution in [0.25, 0.3) is 0 Å². The molecule has 7 heteroatoms. The highest BCUT2D eigenvalue weighted by Crippen LogP contribution is 2.23. The first kappa shape index (κ1) is 16.2. The highest BCUT2D eigenvalue weighted by atomic mass is 32.1. The van der Waals surface area contributed by atoms with Gasteiger partial charge in [-0.2, -0.15) is 5.10 Å². The number of nitrogens with one attached hydrogen (secondary N) is 1. The van der Waals surface area contributed by atoms with Crippen LogP contribution in [0, 0.1) is 0 Å². The topological polar surface area (TPSA) is 73.2 Å². The number of hydrogen-bond acceptors (Lipinski definition) is 5. The molecular formula is C15H19N3O3S. The first-order valence-corrected chi connectivity index (χ1v) is 7.95. The molecule has 0 aromatic carbocycles. The molecule has 0 unspecified atom stereocenters. The molecule has 0 saturated heterocycles. The van der Waals surface area contributed by atoms with Crippen molar-refractivity contribution in [3.05, 3.63) is 35.0 Å². The highest BCUT2D eigenvalue weighted by Gasteiger charge is 2.15. The van der Waals surface area contributed by atoms with Crippen LogP contribution < -0.4 is 5.32 Å². The van der Waals surface area contributed by atoms with Crippen molar-refractivity contribution in [2.75, 3.05) is 12.4 Å². The van der Waals surface area contributed by atoms with E-state index in [9.17, 15) is 9.59 Å². The first-order valence-electron chi connectivity index (χ1n) is 7.13. The molecule has 0 saturated carbocycles. The number of anilines is 1. The van der Waals surface area contributed by atoms with Gasteiger partial charge in [0, 0.05) is 6.20 Å². The average Bonchev–Trinajstić information content (AvgIpc) is 3.17. The lowest BCUT2D eigenvalue weighted by atomic mass is 10.2. The van der Waals surface area contributed by atoms with Gasteiger partial charge < -0.3 is 10.1 Å². The maximum absolute atomic E-state index is 12.2. The molecule has 0 aliphatic carbocycles. The van der Waals surface area contributed by atoms with Crippen LogP contribution in [0.3, 0.4) is 0 Å². The molecule has 1 N–H and O–H groups in total. The molecule has 0 aliphatic rings. The van der Waals surface area contributed by atoms with E-state index in [1.54, 1.807) is 18.2 Å². The van der Waals surface area contributed by atoms with Crippen LogP contribution in [-0.4, -0.2) is 28.8 Å². The van der Waals surface area contributed by atoms with E-state index in [4.69, 9.17) is 0 Å². The normalized spacial score (nSPS) is 10.7. The summed E-state index contributed by atoms with van der Waals surface area (Å²) in [5, 5.41) is 7.65. The van der Waals surface area contributed by atoms with Crippen molar-refractivity contribution in [1.82, 2.24) is 9.78 Å². The molecule has 118 valence electrons. The van der Waals surface area contributed by atoms with Crippen molar-refractivity contribution in [1.29, 1.82) is 0 Å². The Morgan fingerprint density at radius 2 is 2.05 bits per heavy atom. The van der Waals surface area contributed by atoms with Gasteiger partial charge in [-0.3, -0.25) is 9.48 Å². The van der Waals surface area contributed by atoms with E-state index in [0.717, 1.165) is 12.8 Å². The largest absolute Gasteiger partial charge is 0.465 e. The number of esters is 1. The number of nitrogens with zero attached hydrogens (tertiary/aromatic N) is 2.